The molecule has 0 saturated heterocycles. The molecule has 0 unspecified atom stereocenters. The maximum atomic E-state index is 12.1. The summed E-state index contributed by atoms with van der Waals surface area (Å²) in [6.07, 6.45) is 0. The van der Waals surface area contributed by atoms with Crippen LogP contribution >= 0.6 is 27.5 Å². The summed E-state index contributed by atoms with van der Waals surface area (Å²) < 4.78 is 11.5. The smallest absolute Gasteiger partial charge is 0.291 e. The third-order valence-corrected chi connectivity index (χ3v) is 4.18. The van der Waals surface area contributed by atoms with Crippen LogP contribution < -0.4 is 5.32 Å². The lowest BCUT2D eigenvalue weighted by Crippen LogP contribution is -2.10. The number of anilines is 1. The van der Waals surface area contributed by atoms with Crippen LogP contribution in [-0.2, 0) is 0 Å². The zero-order valence-electron chi connectivity index (χ0n) is 12.6. The van der Waals surface area contributed by atoms with Crippen LogP contribution in [0.1, 0.15) is 10.6 Å². The molecular formula is C18H10BrClN2O3. The van der Waals surface area contributed by atoms with Crippen molar-refractivity contribution in [2.45, 2.75) is 0 Å². The third-order valence-electron chi connectivity index (χ3n) is 3.51. The van der Waals surface area contributed by atoms with E-state index in [0.29, 0.717) is 32.4 Å². The average molecular weight is 418 g/mol. The van der Waals surface area contributed by atoms with Gasteiger partial charge in [-0.2, -0.15) is 0 Å². The van der Waals surface area contributed by atoms with E-state index >= 15 is 0 Å². The highest BCUT2D eigenvalue weighted by Gasteiger charge is 2.13. The molecule has 4 aromatic rings. The molecule has 1 amide bonds. The van der Waals surface area contributed by atoms with E-state index in [4.69, 9.17) is 20.4 Å². The molecule has 7 heteroatoms. The second-order valence-corrected chi connectivity index (χ2v) is 6.49. The number of fused-ring (bicyclic) bond motifs is 1. The molecule has 0 atom stereocenters. The van der Waals surface area contributed by atoms with Gasteiger partial charge in [-0.05, 0) is 58.4 Å². The highest BCUT2D eigenvalue weighted by molar-refractivity contribution is 9.10. The molecule has 0 aliphatic heterocycles. The van der Waals surface area contributed by atoms with Gasteiger partial charge < -0.3 is 14.2 Å². The Morgan fingerprint density at radius 1 is 1.08 bits per heavy atom. The number of amides is 1. The van der Waals surface area contributed by atoms with Crippen molar-refractivity contribution < 1.29 is 13.6 Å². The zero-order valence-corrected chi connectivity index (χ0v) is 15.0. The molecule has 5 nitrogen and oxygen atoms in total. The van der Waals surface area contributed by atoms with Gasteiger partial charge in [-0.1, -0.05) is 17.7 Å². The first kappa shape index (κ1) is 15.9. The fourth-order valence-electron chi connectivity index (χ4n) is 2.38. The Kier molecular flexibility index (Phi) is 4.07. The fourth-order valence-corrected chi connectivity index (χ4v) is 2.87. The second-order valence-electron chi connectivity index (χ2n) is 5.27. The number of rotatable bonds is 3. The summed E-state index contributed by atoms with van der Waals surface area (Å²) in [6, 6.07) is 15.8. The number of nitrogens with zero attached hydrogens (tertiary/aromatic N) is 1. The number of carbonyl (C=O) groups is 1. The maximum Gasteiger partial charge on any atom is 0.291 e. The number of furan rings is 1. The van der Waals surface area contributed by atoms with Crippen LogP contribution in [0.5, 0.6) is 0 Å². The first-order valence-electron chi connectivity index (χ1n) is 7.32. The van der Waals surface area contributed by atoms with Crippen LogP contribution in [0.3, 0.4) is 0 Å². The van der Waals surface area contributed by atoms with Gasteiger partial charge in [0.1, 0.15) is 5.52 Å². The molecule has 0 spiro atoms. The Morgan fingerprint density at radius 3 is 2.72 bits per heavy atom. The summed E-state index contributed by atoms with van der Waals surface area (Å²) in [6.45, 7) is 0. The molecule has 0 fully saturated rings. The molecule has 0 radical (unpaired) electrons. The van der Waals surface area contributed by atoms with Crippen LogP contribution in [0, 0.1) is 0 Å². The summed E-state index contributed by atoms with van der Waals surface area (Å²) >= 11 is 9.18. The van der Waals surface area contributed by atoms with E-state index in [1.807, 2.05) is 12.1 Å². The van der Waals surface area contributed by atoms with Gasteiger partial charge in [0.05, 0.1) is 0 Å². The van der Waals surface area contributed by atoms with Gasteiger partial charge in [-0.25, -0.2) is 4.98 Å². The summed E-state index contributed by atoms with van der Waals surface area (Å²) in [5, 5.41) is 3.37. The van der Waals surface area contributed by atoms with E-state index in [0.717, 1.165) is 5.56 Å². The molecule has 0 saturated carbocycles. The standard InChI is InChI=1S/C18H10BrClN2O3/c19-16-7-6-14(24-16)17(23)21-12-4-5-13-15(9-12)25-18(22-13)10-2-1-3-11(20)8-10/h1-9H,(H,21,23). The van der Waals surface area contributed by atoms with E-state index in [-0.39, 0.29) is 11.7 Å². The molecule has 0 aliphatic carbocycles. The van der Waals surface area contributed by atoms with E-state index in [1.54, 1.807) is 42.5 Å². The van der Waals surface area contributed by atoms with Crippen LogP contribution in [0.15, 0.2) is 68.1 Å². The predicted octanol–water partition coefficient (Wildman–Crippen LogP) is 5.76. The Labute approximate surface area is 155 Å². The van der Waals surface area contributed by atoms with E-state index in [2.05, 4.69) is 26.2 Å². The van der Waals surface area contributed by atoms with Crippen molar-refractivity contribution in [1.82, 2.24) is 4.98 Å². The molecule has 4 rings (SSSR count). The number of carbonyl (C=O) groups excluding carboxylic acids is 1. The minimum Gasteiger partial charge on any atom is -0.444 e. The Bertz CT molecular complexity index is 1090. The van der Waals surface area contributed by atoms with Crippen molar-refractivity contribution in [3.63, 3.8) is 0 Å². The van der Waals surface area contributed by atoms with Gasteiger partial charge in [0.15, 0.2) is 16.0 Å². The molecule has 25 heavy (non-hydrogen) atoms. The van der Waals surface area contributed by atoms with Gasteiger partial charge in [0.2, 0.25) is 5.89 Å². The molecule has 2 heterocycles. The molecule has 0 bridgehead atoms. The van der Waals surface area contributed by atoms with Crippen molar-refractivity contribution in [2.75, 3.05) is 5.32 Å². The second kappa shape index (κ2) is 6.38. The van der Waals surface area contributed by atoms with Crippen LogP contribution in [-0.4, -0.2) is 10.9 Å². The number of aromatic nitrogens is 1. The van der Waals surface area contributed by atoms with E-state index in [9.17, 15) is 4.79 Å². The van der Waals surface area contributed by atoms with Crippen LogP contribution in [0.25, 0.3) is 22.6 Å². The van der Waals surface area contributed by atoms with Crippen LogP contribution in [0.4, 0.5) is 5.69 Å². The summed E-state index contributed by atoms with van der Waals surface area (Å²) in [5.41, 5.74) is 2.62. The normalized spacial score (nSPS) is 11.0. The Morgan fingerprint density at radius 2 is 1.96 bits per heavy atom. The summed E-state index contributed by atoms with van der Waals surface area (Å²) in [5.74, 6) is 0.333. The number of benzene rings is 2. The van der Waals surface area contributed by atoms with Crippen molar-refractivity contribution in [2.24, 2.45) is 0 Å². The molecule has 0 aliphatic rings. The first-order valence-corrected chi connectivity index (χ1v) is 8.49. The number of oxazole rings is 1. The van der Waals surface area contributed by atoms with Crippen molar-refractivity contribution >= 4 is 50.2 Å². The number of hydrogen-bond acceptors (Lipinski definition) is 4. The zero-order chi connectivity index (χ0) is 17.4. The molecular weight excluding hydrogens is 408 g/mol. The maximum absolute atomic E-state index is 12.1. The third kappa shape index (κ3) is 3.31. The number of nitrogens with one attached hydrogen (secondary N) is 1. The van der Waals surface area contributed by atoms with Gasteiger partial charge >= 0.3 is 0 Å². The van der Waals surface area contributed by atoms with Crippen molar-refractivity contribution in [1.29, 1.82) is 0 Å². The molecule has 1 N–H and O–H groups in total. The minimum atomic E-state index is -0.348. The van der Waals surface area contributed by atoms with Gasteiger partial charge in [0.25, 0.3) is 5.91 Å². The lowest BCUT2D eigenvalue weighted by molar-refractivity contribution is 0.0995. The van der Waals surface area contributed by atoms with E-state index < -0.39 is 0 Å². The first-order chi connectivity index (χ1) is 12.1. The van der Waals surface area contributed by atoms with Crippen molar-refractivity contribution in [3.8, 4) is 11.5 Å². The highest BCUT2D eigenvalue weighted by atomic mass is 79.9. The minimum absolute atomic E-state index is 0.212. The average Bonchev–Trinajstić information content (AvgIpc) is 3.20. The lowest BCUT2D eigenvalue weighted by Gasteiger charge is -2.02. The summed E-state index contributed by atoms with van der Waals surface area (Å²) in [7, 11) is 0. The van der Waals surface area contributed by atoms with E-state index in [1.165, 1.54) is 0 Å². The van der Waals surface area contributed by atoms with Crippen LogP contribution in [0.2, 0.25) is 5.02 Å². The summed E-state index contributed by atoms with van der Waals surface area (Å²) in [4.78, 5) is 16.6. The fraction of sp³-hybridized carbons (Fsp3) is 0. The Hall–Kier alpha value is -2.57. The monoisotopic (exact) mass is 416 g/mol. The molecule has 2 aromatic carbocycles. The quantitative estimate of drug-likeness (QED) is 0.460. The van der Waals surface area contributed by atoms with Gasteiger partial charge in [-0.15, -0.1) is 0 Å². The van der Waals surface area contributed by atoms with Gasteiger partial charge in [-0.3, -0.25) is 4.79 Å². The topological polar surface area (TPSA) is 68.3 Å². The largest absolute Gasteiger partial charge is 0.444 e. The number of hydrogen-bond donors (Lipinski definition) is 1. The Balaban J connectivity index is 1.63. The lowest BCUT2D eigenvalue weighted by atomic mass is 10.2. The van der Waals surface area contributed by atoms with Crippen molar-refractivity contribution in [3.05, 3.63) is 70.0 Å². The van der Waals surface area contributed by atoms with Gasteiger partial charge in [0, 0.05) is 22.3 Å². The molecule has 2 aromatic heterocycles. The highest BCUT2D eigenvalue weighted by Crippen LogP contribution is 2.28. The SMILES string of the molecule is O=C(Nc1ccc2nc(-c3cccc(Cl)c3)oc2c1)c1ccc(Br)o1. The number of halogens is 2. The predicted molar refractivity (Wildman–Crippen MR) is 98.8 cm³/mol. The molecule has 124 valence electrons.